The van der Waals surface area contributed by atoms with E-state index in [1.807, 2.05) is 32.0 Å². The van der Waals surface area contributed by atoms with E-state index in [0.29, 0.717) is 12.2 Å². The molecule has 3 heteroatoms. The lowest BCUT2D eigenvalue weighted by Crippen LogP contribution is -2.20. The zero-order chi connectivity index (χ0) is 13.8. The molecule has 1 aromatic rings. The number of ether oxygens (including phenoxy) is 1. The molecule has 0 fully saturated rings. The van der Waals surface area contributed by atoms with Gasteiger partial charge in [-0.15, -0.1) is 0 Å². The Labute approximate surface area is 111 Å². The average molecular weight is 264 g/mol. The molecule has 0 radical (unpaired) electrons. The molecule has 0 amide bonds. The Kier molecular flexibility index (Phi) is 5.14. The van der Waals surface area contributed by atoms with Gasteiger partial charge in [0.2, 0.25) is 0 Å². The van der Waals surface area contributed by atoms with Crippen molar-refractivity contribution in [1.82, 2.24) is 0 Å². The van der Waals surface area contributed by atoms with Crippen LogP contribution in [0.2, 0.25) is 25.7 Å². The van der Waals surface area contributed by atoms with Crippen LogP contribution in [-0.4, -0.2) is 20.7 Å². The topological polar surface area (TPSA) is 26.3 Å². The number of rotatable bonds is 5. The van der Waals surface area contributed by atoms with Gasteiger partial charge in [0.1, 0.15) is 0 Å². The van der Waals surface area contributed by atoms with Gasteiger partial charge in [0.05, 0.1) is 12.2 Å². The molecule has 0 aliphatic carbocycles. The third-order valence-corrected chi connectivity index (χ3v) is 4.90. The molecule has 0 N–H and O–H groups in total. The maximum atomic E-state index is 11.8. The summed E-state index contributed by atoms with van der Waals surface area (Å²) in [5.41, 5.74) is 2.99. The van der Waals surface area contributed by atoms with Gasteiger partial charge in [-0.2, -0.15) is 0 Å². The summed E-state index contributed by atoms with van der Waals surface area (Å²) in [6.45, 7) is 11.6. The first kappa shape index (κ1) is 15.0. The van der Waals surface area contributed by atoms with Crippen LogP contribution in [0.5, 0.6) is 0 Å². The van der Waals surface area contributed by atoms with E-state index in [2.05, 4.69) is 19.6 Å². The third-order valence-electron chi connectivity index (χ3n) is 3.05. The zero-order valence-corrected chi connectivity index (χ0v) is 13.2. The van der Waals surface area contributed by atoms with Crippen molar-refractivity contribution in [2.75, 3.05) is 6.61 Å². The van der Waals surface area contributed by atoms with Crippen molar-refractivity contribution in [3.63, 3.8) is 0 Å². The van der Waals surface area contributed by atoms with Gasteiger partial charge in [0, 0.05) is 8.07 Å². The SMILES string of the molecule is Cc1ccc(C(=O)OCCC[Si](C)(C)C)cc1C. The van der Waals surface area contributed by atoms with E-state index in [4.69, 9.17) is 4.74 Å². The maximum absolute atomic E-state index is 11.8. The highest BCUT2D eigenvalue weighted by Gasteiger charge is 2.13. The molecule has 0 spiro atoms. The van der Waals surface area contributed by atoms with Crippen LogP contribution in [-0.2, 0) is 4.74 Å². The number of esters is 1. The number of carbonyl (C=O) groups excluding carboxylic acids is 1. The van der Waals surface area contributed by atoms with Crippen LogP contribution in [0.4, 0.5) is 0 Å². The van der Waals surface area contributed by atoms with Crippen molar-refractivity contribution < 1.29 is 9.53 Å². The molecular weight excluding hydrogens is 240 g/mol. The molecule has 0 aliphatic rings. The van der Waals surface area contributed by atoms with Crippen LogP contribution in [0.3, 0.4) is 0 Å². The van der Waals surface area contributed by atoms with Gasteiger partial charge in [-0.3, -0.25) is 0 Å². The minimum absolute atomic E-state index is 0.200. The molecule has 0 saturated heterocycles. The number of aryl methyl sites for hydroxylation is 2. The Morgan fingerprint density at radius 1 is 1.17 bits per heavy atom. The normalized spacial score (nSPS) is 11.4. The van der Waals surface area contributed by atoms with Gasteiger partial charge in [0.25, 0.3) is 0 Å². The van der Waals surface area contributed by atoms with Crippen LogP contribution < -0.4 is 0 Å². The fourth-order valence-corrected chi connectivity index (χ4v) is 2.92. The molecule has 0 aromatic heterocycles. The molecule has 18 heavy (non-hydrogen) atoms. The van der Waals surface area contributed by atoms with Crippen molar-refractivity contribution in [3.8, 4) is 0 Å². The molecule has 2 nitrogen and oxygen atoms in total. The van der Waals surface area contributed by atoms with E-state index < -0.39 is 8.07 Å². The van der Waals surface area contributed by atoms with Gasteiger partial charge >= 0.3 is 5.97 Å². The van der Waals surface area contributed by atoms with Gasteiger partial charge in [-0.05, 0) is 43.5 Å². The summed E-state index contributed by atoms with van der Waals surface area (Å²) in [4.78, 5) is 11.8. The van der Waals surface area contributed by atoms with Gasteiger partial charge in [-0.1, -0.05) is 31.8 Å². The predicted octanol–water partition coefficient (Wildman–Crippen LogP) is 4.19. The Morgan fingerprint density at radius 3 is 2.39 bits per heavy atom. The monoisotopic (exact) mass is 264 g/mol. The number of hydrogen-bond acceptors (Lipinski definition) is 2. The van der Waals surface area contributed by atoms with Crippen LogP contribution >= 0.6 is 0 Å². The third kappa shape index (κ3) is 5.04. The highest BCUT2D eigenvalue weighted by Crippen LogP contribution is 2.13. The summed E-state index contributed by atoms with van der Waals surface area (Å²) in [5.74, 6) is -0.200. The molecule has 0 heterocycles. The van der Waals surface area contributed by atoms with Gasteiger partial charge in [0.15, 0.2) is 0 Å². The maximum Gasteiger partial charge on any atom is 0.338 e. The van der Waals surface area contributed by atoms with E-state index in [0.717, 1.165) is 12.0 Å². The zero-order valence-electron chi connectivity index (χ0n) is 12.2. The van der Waals surface area contributed by atoms with Crippen LogP contribution in [0.15, 0.2) is 18.2 Å². The van der Waals surface area contributed by atoms with Gasteiger partial charge in [-0.25, -0.2) is 4.79 Å². The number of hydrogen-bond donors (Lipinski definition) is 0. The molecular formula is C15H24O2Si. The van der Waals surface area contributed by atoms with E-state index in [-0.39, 0.29) is 5.97 Å². The first-order valence-electron chi connectivity index (χ1n) is 6.54. The molecule has 1 rings (SSSR count). The Balaban J connectivity index is 2.43. The largest absolute Gasteiger partial charge is 0.462 e. The second kappa shape index (κ2) is 6.18. The molecule has 0 bridgehead atoms. The molecule has 1 aromatic carbocycles. The van der Waals surface area contributed by atoms with Crippen LogP contribution in [0.1, 0.15) is 27.9 Å². The van der Waals surface area contributed by atoms with Crippen LogP contribution in [0.25, 0.3) is 0 Å². The Morgan fingerprint density at radius 2 is 1.83 bits per heavy atom. The Hall–Kier alpha value is -1.09. The summed E-state index contributed by atoms with van der Waals surface area (Å²) in [6, 6.07) is 6.90. The van der Waals surface area contributed by atoms with E-state index >= 15 is 0 Å². The predicted molar refractivity (Wildman–Crippen MR) is 79.0 cm³/mol. The molecule has 0 aliphatic heterocycles. The van der Waals surface area contributed by atoms with Gasteiger partial charge < -0.3 is 4.74 Å². The summed E-state index contributed by atoms with van der Waals surface area (Å²) in [6.07, 6.45) is 0.978. The highest BCUT2D eigenvalue weighted by molar-refractivity contribution is 6.76. The fourth-order valence-electron chi connectivity index (χ4n) is 1.72. The minimum Gasteiger partial charge on any atom is -0.462 e. The standard InChI is InChI=1S/C15H24O2Si/c1-12-7-8-14(11-13(12)2)15(16)17-9-6-10-18(3,4)5/h7-8,11H,6,9-10H2,1-5H3. The fraction of sp³-hybridized carbons (Fsp3) is 0.533. The van der Waals surface area contributed by atoms with E-state index in [1.165, 1.54) is 11.6 Å². The summed E-state index contributed by atoms with van der Waals surface area (Å²) >= 11 is 0. The summed E-state index contributed by atoms with van der Waals surface area (Å²) in [5, 5.41) is 0. The summed E-state index contributed by atoms with van der Waals surface area (Å²) < 4.78 is 5.30. The lowest BCUT2D eigenvalue weighted by atomic mass is 10.1. The molecule has 0 unspecified atom stereocenters. The average Bonchev–Trinajstić information content (AvgIpc) is 2.26. The van der Waals surface area contributed by atoms with Crippen molar-refractivity contribution in [3.05, 3.63) is 34.9 Å². The van der Waals surface area contributed by atoms with E-state index in [1.54, 1.807) is 0 Å². The minimum atomic E-state index is -1.02. The first-order chi connectivity index (χ1) is 8.29. The second-order valence-corrected chi connectivity index (χ2v) is 11.7. The lowest BCUT2D eigenvalue weighted by molar-refractivity contribution is 0.0504. The smallest absolute Gasteiger partial charge is 0.338 e. The molecule has 0 saturated carbocycles. The molecule has 0 atom stereocenters. The first-order valence-corrected chi connectivity index (χ1v) is 10.2. The van der Waals surface area contributed by atoms with Crippen molar-refractivity contribution in [1.29, 1.82) is 0 Å². The van der Waals surface area contributed by atoms with E-state index in [9.17, 15) is 4.79 Å². The van der Waals surface area contributed by atoms with Crippen molar-refractivity contribution in [2.24, 2.45) is 0 Å². The summed E-state index contributed by atoms with van der Waals surface area (Å²) in [7, 11) is -1.02. The lowest BCUT2D eigenvalue weighted by Gasteiger charge is -2.15. The van der Waals surface area contributed by atoms with Crippen LogP contribution in [0, 0.1) is 13.8 Å². The quantitative estimate of drug-likeness (QED) is 0.453. The van der Waals surface area contributed by atoms with Crippen molar-refractivity contribution in [2.45, 2.75) is 46.0 Å². The Bertz CT molecular complexity index is 419. The second-order valence-electron chi connectivity index (χ2n) is 6.10. The number of benzene rings is 1. The number of carbonyl (C=O) groups is 1. The van der Waals surface area contributed by atoms with Crippen molar-refractivity contribution >= 4 is 14.0 Å². The molecule has 100 valence electrons. The highest BCUT2D eigenvalue weighted by atomic mass is 28.3.